The molecule has 0 fully saturated rings. The highest BCUT2D eigenvalue weighted by molar-refractivity contribution is 5.98. The highest BCUT2D eigenvalue weighted by atomic mass is 16.1. The Labute approximate surface area is 148 Å². The molecule has 0 atom stereocenters. The van der Waals surface area contributed by atoms with Crippen molar-refractivity contribution in [3.8, 4) is 0 Å². The Morgan fingerprint density at radius 3 is 2.52 bits per heavy atom. The molecule has 0 aliphatic carbocycles. The first-order valence-electron chi connectivity index (χ1n) is 8.44. The zero-order valence-electron chi connectivity index (χ0n) is 15.1. The molecule has 0 aliphatic heterocycles. The molecule has 1 N–H and O–H groups in total. The van der Waals surface area contributed by atoms with Crippen molar-refractivity contribution < 1.29 is 4.79 Å². The number of hydrogen-bond donors (Lipinski definition) is 1. The van der Waals surface area contributed by atoms with Gasteiger partial charge < -0.3 is 5.32 Å². The predicted octanol–water partition coefficient (Wildman–Crippen LogP) is 4.17. The van der Waals surface area contributed by atoms with Crippen LogP contribution in [0.2, 0.25) is 0 Å². The summed E-state index contributed by atoms with van der Waals surface area (Å²) in [6.45, 7) is 8.89. The van der Waals surface area contributed by atoms with Crippen LogP contribution in [0.3, 0.4) is 0 Å². The molecule has 25 heavy (non-hydrogen) atoms. The second-order valence-corrected chi connectivity index (χ2v) is 7.30. The van der Waals surface area contributed by atoms with E-state index in [0.29, 0.717) is 23.4 Å². The molecule has 3 aromatic rings. The molecule has 0 radical (unpaired) electrons. The maximum absolute atomic E-state index is 12.5. The van der Waals surface area contributed by atoms with Crippen LogP contribution in [0.15, 0.2) is 48.7 Å². The van der Waals surface area contributed by atoms with Gasteiger partial charge in [0.1, 0.15) is 0 Å². The summed E-state index contributed by atoms with van der Waals surface area (Å²) in [7, 11) is 0. The zero-order chi connectivity index (χ0) is 18.0. The Kier molecular flexibility index (Phi) is 4.53. The van der Waals surface area contributed by atoms with Gasteiger partial charge in [0.15, 0.2) is 5.65 Å². The van der Waals surface area contributed by atoms with Crippen LogP contribution in [-0.4, -0.2) is 15.9 Å². The van der Waals surface area contributed by atoms with E-state index in [0.717, 1.165) is 10.9 Å². The Morgan fingerprint density at radius 1 is 1.12 bits per heavy atom. The normalized spacial score (nSPS) is 11.5. The summed E-state index contributed by atoms with van der Waals surface area (Å²) < 4.78 is 0. The number of pyridine rings is 2. The van der Waals surface area contributed by atoms with Crippen LogP contribution in [0, 0.1) is 6.92 Å². The Hall–Kier alpha value is -2.75. The molecule has 0 saturated carbocycles. The van der Waals surface area contributed by atoms with Gasteiger partial charge in [-0.2, -0.15) is 0 Å². The van der Waals surface area contributed by atoms with Gasteiger partial charge in [-0.1, -0.05) is 45.0 Å². The lowest BCUT2D eigenvalue weighted by Gasteiger charge is -2.19. The largest absolute Gasteiger partial charge is 0.348 e. The number of nitrogens with zero attached hydrogens (tertiary/aromatic N) is 2. The van der Waals surface area contributed by atoms with Crippen molar-refractivity contribution >= 4 is 16.9 Å². The fourth-order valence-corrected chi connectivity index (χ4v) is 2.72. The third-order valence-electron chi connectivity index (χ3n) is 4.30. The first-order valence-corrected chi connectivity index (χ1v) is 8.44. The molecule has 4 nitrogen and oxygen atoms in total. The van der Waals surface area contributed by atoms with Gasteiger partial charge in [0, 0.05) is 18.1 Å². The van der Waals surface area contributed by atoms with Gasteiger partial charge in [0.25, 0.3) is 5.91 Å². The second-order valence-electron chi connectivity index (χ2n) is 7.30. The van der Waals surface area contributed by atoms with E-state index < -0.39 is 0 Å². The molecule has 0 aliphatic rings. The number of hydrogen-bond acceptors (Lipinski definition) is 3. The van der Waals surface area contributed by atoms with Crippen molar-refractivity contribution in [3.63, 3.8) is 0 Å². The number of amides is 1. The Balaban J connectivity index is 1.73. The summed E-state index contributed by atoms with van der Waals surface area (Å²) in [4.78, 5) is 21.2. The molecule has 0 unspecified atom stereocenters. The molecule has 2 heterocycles. The molecule has 3 rings (SSSR count). The summed E-state index contributed by atoms with van der Waals surface area (Å²) in [5.41, 5.74) is 4.43. The van der Waals surface area contributed by atoms with Gasteiger partial charge in [0.05, 0.1) is 11.3 Å². The third kappa shape index (κ3) is 3.85. The standard InChI is InChI=1S/C21H23N3O/c1-14-18(12-16-6-5-11-22-19(16)24-14)20(25)23-13-15-7-9-17(10-8-15)21(2,3)4/h5-12H,13H2,1-4H3,(H,23,25). The Bertz CT molecular complexity index is 909. The molecule has 1 amide bonds. The number of fused-ring (bicyclic) bond motifs is 1. The number of carbonyl (C=O) groups is 1. The van der Waals surface area contributed by atoms with E-state index in [1.807, 2.05) is 25.1 Å². The van der Waals surface area contributed by atoms with E-state index in [1.54, 1.807) is 6.20 Å². The predicted molar refractivity (Wildman–Crippen MR) is 101 cm³/mol. The average Bonchev–Trinajstić information content (AvgIpc) is 2.58. The maximum Gasteiger partial charge on any atom is 0.253 e. The van der Waals surface area contributed by atoms with Gasteiger partial charge in [-0.05, 0) is 41.7 Å². The third-order valence-corrected chi connectivity index (χ3v) is 4.30. The quantitative estimate of drug-likeness (QED) is 0.783. The van der Waals surface area contributed by atoms with Crippen LogP contribution in [0.25, 0.3) is 11.0 Å². The highest BCUT2D eigenvalue weighted by Gasteiger charge is 2.14. The van der Waals surface area contributed by atoms with E-state index in [1.165, 1.54) is 5.56 Å². The van der Waals surface area contributed by atoms with Crippen molar-refractivity contribution in [1.29, 1.82) is 0 Å². The van der Waals surface area contributed by atoms with Crippen molar-refractivity contribution in [2.45, 2.75) is 39.7 Å². The fourth-order valence-electron chi connectivity index (χ4n) is 2.72. The van der Waals surface area contributed by atoms with Crippen LogP contribution in [0.5, 0.6) is 0 Å². The number of aryl methyl sites for hydroxylation is 1. The van der Waals surface area contributed by atoms with Crippen molar-refractivity contribution in [1.82, 2.24) is 15.3 Å². The minimum Gasteiger partial charge on any atom is -0.348 e. The van der Waals surface area contributed by atoms with Crippen molar-refractivity contribution in [2.75, 3.05) is 0 Å². The molecule has 128 valence electrons. The average molecular weight is 333 g/mol. The number of rotatable bonds is 3. The number of aromatic nitrogens is 2. The fraction of sp³-hybridized carbons (Fsp3) is 0.286. The van der Waals surface area contributed by atoms with Crippen LogP contribution < -0.4 is 5.32 Å². The molecule has 0 saturated heterocycles. The summed E-state index contributed by atoms with van der Waals surface area (Å²) in [6, 6.07) is 14.0. The smallest absolute Gasteiger partial charge is 0.253 e. The number of carbonyl (C=O) groups excluding carboxylic acids is 1. The van der Waals surface area contributed by atoms with Crippen LogP contribution in [-0.2, 0) is 12.0 Å². The van der Waals surface area contributed by atoms with E-state index in [-0.39, 0.29) is 11.3 Å². The molecule has 0 spiro atoms. The molecular weight excluding hydrogens is 310 g/mol. The first-order chi connectivity index (χ1) is 11.8. The van der Waals surface area contributed by atoms with Crippen molar-refractivity contribution in [2.24, 2.45) is 0 Å². The summed E-state index contributed by atoms with van der Waals surface area (Å²) in [5, 5.41) is 3.85. The maximum atomic E-state index is 12.5. The zero-order valence-corrected chi connectivity index (χ0v) is 15.1. The number of nitrogens with one attached hydrogen (secondary N) is 1. The SMILES string of the molecule is Cc1nc2ncccc2cc1C(=O)NCc1ccc(C(C)(C)C)cc1. The molecular formula is C21H23N3O. The van der Waals surface area contributed by atoms with E-state index in [4.69, 9.17) is 0 Å². The van der Waals surface area contributed by atoms with Crippen LogP contribution >= 0.6 is 0 Å². The van der Waals surface area contributed by atoms with Gasteiger partial charge in [-0.3, -0.25) is 4.79 Å². The lowest BCUT2D eigenvalue weighted by molar-refractivity contribution is 0.0950. The van der Waals surface area contributed by atoms with E-state index in [9.17, 15) is 4.79 Å². The van der Waals surface area contributed by atoms with Gasteiger partial charge >= 0.3 is 0 Å². The monoisotopic (exact) mass is 333 g/mol. The first kappa shape index (κ1) is 17.1. The van der Waals surface area contributed by atoms with E-state index >= 15 is 0 Å². The topological polar surface area (TPSA) is 54.9 Å². The lowest BCUT2D eigenvalue weighted by atomic mass is 9.87. The molecule has 0 bridgehead atoms. The summed E-state index contributed by atoms with van der Waals surface area (Å²) >= 11 is 0. The second kappa shape index (κ2) is 6.63. The van der Waals surface area contributed by atoms with Gasteiger partial charge in [-0.25, -0.2) is 9.97 Å². The highest BCUT2D eigenvalue weighted by Crippen LogP contribution is 2.22. The number of benzene rings is 1. The van der Waals surface area contributed by atoms with E-state index in [2.05, 4.69) is 60.3 Å². The molecule has 2 aromatic heterocycles. The van der Waals surface area contributed by atoms with Crippen molar-refractivity contribution in [3.05, 3.63) is 71.0 Å². The summed E-state index contributed by atoms with van der Waals surface area (Å²) in [5.74, 6) is -0.115. The van der Waals surface area contributed by atoms with Crippen LogP contribution in [0.1, 0.15) is 48.0 Å². The van der Waals surface area contributed by atoms with Crippen LogP contribution in [0.4, 0.5) is 0 Å². The van der Waals surface area contributed by atoms with Gasteiger partial charge in [0.2, 0.25) is 0 Å². The Morgan fingerprint density at radius 2 is 1.84 bits per heavy atom. The molecule has 4 heteroatoms. The minimum absolute atomic E-state index is 0.115. The molecule has 1 aromatic carbocycles. The van der Waals surface area contributed by atoms with Gasteiger partial charge in [-0.15, -0.1) is 0 Å². The summed E-state index contributed by atoms with van der Waals surface area (Å²) in [6.07, 6.45) is 1.70. The lowest BCUT2D eigenvalue weighted by Crippen LogP contribution is -2.24. The minimum atomic E-state index is -0.115.